The van der Waals surface area contributed by atoms with Crippen molar-refractivity contribution in [1.29, 1.82) is 5.26 Å². The van der Waals surface area contributed by atoms with Crippen LogP contribution in [0.15, 0.2) is 0 Å². The van der Waals surface area contributed by atoms with Crippen molar-refractivity contribution in [2.24, 2.45) is 0 Å². The van der Waals surface area contributed by atoms with E-state index < -0.39 is 9.84 Å². The number of rotatable bonds is 4. The van der Waals surface area contributed by atoms with E-state index in [0.29, 0.717) is 6.42 Å². The van der Waals surface area contributed by atoms with Crippen LogP contribution < -0.4 is 0 Å². The molecule has 0 aliphatic carbocycles. The Morgan fingerprint density at radius 1 is 1.45 bits per heavy atom. The maximum atomic E-state index is 10.9. The van der Waals surface area contributed by atoms with Gasteiger partial charge in [-0.1, -0.05) is 5.92 Å². The summed E-state index contributed by atoms with van der Waals surface area (Å²) >= 11 is 0. The molecule has 0 aliphatic heterocycles. The van der Waals surface area contributed by atoms with E-state index in [2.05, 4.69) is 5.92 Å². The predicted molar refractivity (Wildman–Crippen MR) is 42.3 cm³/mol. The molecule has 0 bridgehead atoms. The molecule has 0 aromatic carbocycles. The van der Waals surface area contributed by atoms with Gasteiger partial charge in [0.2, 0.25) is 0 Å². The SMILES string of the molecule is C#CCS(=O)(=O)CCCC#N. The van der Waals surface area contributed by atoms with E-state index in [1.54, 1.807) is 0 Å². The van der Waals surface area contributed by atoms with Crippen molar-refractivity contribution in [3.8, 4) is 18.4 Å². The summed E-state index contributed by atoms with van der Waals surface area (Å²) in [5.41, 5.74) is 0. The monoisotopic (exact) mass is 171 g/mol. The van der Waals surface area contributed by atoms with Crippen LogP contribution in [0.3, 0.4) is 0 Å². The molecule has 60 valence electrons. The summed E-state index contributed by atoms with van der Waals surface area (Å²) < 4.78 is 21.7. The summed E-state index contributed by atoms with van der Waals surface area (Å²) in [6.45, 7) is 0. The topological polar surface area (TPSA) is 57.9 Å². The van der Waals surface area contributed by atoms with Crippen LogP contribution in [0.4, 0.5) is 0 Å². The number of unbranched alkanes of at least 4 members (excludes halogenated alkanes) is 1. The first-order valence-corrected chi connectivity index (χ1v) is 4.95. The molecule has 3 nitrogen and oxygen atoms in total. The third-order valence-electron chi connectivity index (χ3n) is 1.05. The van der Waals surface area contributed by atoms with Gasteiger partial charge < -0.3 is 0 Å². The van der Waals surface area contributed by atoms with Gasteiger partial charge in [-0.15, -0.1) is 6.42 Å². The number of nitriles is 1. The van der Waals surface area contributed by atoms with Crippen LogP contribution in [0.1, 0.15) is 12.8 Å². The van der Waals surface area contributed by atoms with Gasteiger partial charge in [-0.25, -0.2) is 8.42 Å². The second kappa shape index (κ2) is 4.76. The minimum atomic E-state index is -3.09. The molecule has 0 saturated carbocycles. The quantitative estimate of drug-likeness (QED) is 0.452. The molecule has 4 heteroatoms. The Hall–Kier alpha value is -1.00. The number of terminal acetylenes is 1. The Balaban J connectivity index is 3.79. The standard InChI is InChI=1S/C7H9NO2S/c1-2-6-11(9,10)7-4-3-5-8/h1H,3-4,6-7H2. The minimum Gasteiger partial charge on any atom is -0.228 e. The maximum absolute atomic E-state index is 10.9. The van der Waals surface area contributed by atoms with Crippen LogP contribution in [-0.2, 0) is 9.84 Å². The third kappa shape index (κ3) is 5.44. The predicted octanol–water partition coefficient (Wildman–Crippen LogP) is 0.338. The highest BCUT2D eigenvalue weighted by Gasteiger charge is 2.06. The molecule has 0 aromatic heterocycles. The molecule has 0 atom stereocenters. The van der Waals surface area contributed by atoms with Gasteiger partial charge in [-0.05, 0) is 6.42 Å². The molecule has 0 radical (unpaired) electrons. The molecule has 0 heterocycles. The third-order valence-corrected chi connectivity index (χ3v) is 2.56. The largest absolute Gasteiger partial charge is 0.228 e. The first-order chi connectivity index (χ1) is 5.12. The molecule has 0 N–H and O–H groups in total. The van der Waals surface area contributed by atoms with Crippen molar-refractivity contribution < 1.29 is 8.42 Å². The van der Waals surface area contributed by atoms with Crippen molar-refractivity contribution in [3.63, 3.8) is 0 Å². The van der Waals surface area contributed by atoms with Gasteiger partial charge in [-0.2, -0.15) is 5.26 Å². The lowest BCUT2D eigenvalue weighted by Gasteiger charge is -1.95. The Morgan fingerprint density at radius 3 is 2.55 bits per heavy atom. The summed E-state index contributed by atoms with van der Waals surface area (Å²) in [7, 11) is -3.09. The Bertz CT molecular complexity index is 279. The second-order valence-corrected chi connectivity index (χ2v) is 4.24. The van der Waals surface area contributed by atoms with Crippen LogP contribution in [-0.4, -0.2) is 19.9 Å². The van der Waals surface area contributed by atoms with Crippen molar-refractivity contribution in [2.75, 3.05) is 11.5 Å². The molecular formula is C7H9NO2S. The lowest BCUT2D eigenvalue weighted by Crippen LogP contribution is -2.09. The van der Waals surface area contributed by atoms with Gasteiger partial charge >= 0.3 is 0 Å². The molecule has 0 saturated heterocycles. The summed E-state index contributed by atoms with van der Waals surface area (Å²) in [6.07, 6.45) is 5.47. The number of hydrogen-bond donors (Lipinski definition) is 0. The fourth-order valence-corrected chi connectivity index (χ4v) is 1.55. The van der Waals surface area contributed by atoms with Gasteiger partial charge in [0.25, 0.3) is 0 Å². The summed E-state index contributed by atoms with van der Waals surface area (Å²) in [4.78, 5) is 0. The number of sulfone groups is 1. The zero-order valence-corrected chi connectivity index (χ0v) is 6.89. The van der Waals surface area contributed by atoms with E-state index in [1.807, 2.05) is 6.07 Å². The van der Waals surface area contributed by atoms with Crippen LogP contribution in [0.5, 0.6) is 0 Å². The normalized spacial score (nSPS) is 10.0. The van der Waals surface area contributed by atoms with E-state index >= 15 is 0 Å². The van der Waals surface area contributed by atoms with E-state index in [9.17, 15) is 8.42 Å². The van der Waals surface area contributed by atoms with Crippen molar-refractivity contribution >= 4 is 9.84 Å². The van der Waals surface area contributed by atoms with E-state index in [1.165, 1.54) is 0 Å². The van der Waals surface area contributed by atoms with E-state index in [4.69, 9.17) is 11.7 Å². The fraction of sp³-hybridized carbons (Fsp3) is 0.571. The van der Waals surface area contributed by atoms with Crippen molar-refractivity contribution in [2.45, 2.75) is 12.8 Å². The van der Waals surface area contributed by atoms with E-state index in [0.717, 1.165) is 0 Å². The van der Waals surface area contributed by atoms with Gasteiger partial charge in [0.05, 0.1) is 11.8 Å². The smallest absolute Gasteiger partial charge is 0.161 e. The molecule has 0 fully saturated rings. The molecular weight excluding hydrogens is 162 g/mol. The maximum Gasteiger partial charge on any atom is 0.161 e. The van der Waals surface area contributed by atoms with Gasteiger partial charge in [0.15, 0.2) is 9.84 Å². The number of nitrogens with zero attached hydrogens (tertiary/aromatic N) is 1. The molecule has 0 aliphatic rings. The average molecular weight is 171 g/mol. The summed E-state index contributed by atoms with van der Waals surface area (Å²) in [6, 6.07) is 1.87. The van der Waals surface area contributed by atoms with E-state index in [-0.39, 0.29) is 17.9 Å². The zero-order valence-electron chi connectivity index (χ0n) is 6.08. The summed E-state index contributed by atoms with van der Waals surface area (Å²) in [5, 5.41) is 8.11. The lowest BCUT2D eigenvalue weighted by molar-refractivity contribution is 0.597. The average Bonchev–Trinajstić information content (AvgIpc) is 1.87. The highest BCUT2D eigenvalue weighted by atomic mass is 32.2. The molecule has 0 aromatic rings. The molecule has 0 rings (SSSR count). The van der Waals surface area contributed by atoms with Crippen molar-refractivity contribution in [3.05, 3.63) is 0 Å². The first kappa shape index (κ1) is 10.0. The lowest BCUT2D eigenvalue weighted by atomic mass is 10.4. The van der Waals surface area contributed by atoms with Crippen LogP contribution in [0.25, 0.3) is 0 Å². The zero-order chi connectivity index (χ0) is 8.74. The Labute approximate surface area is 66.9 Å². The minimum absolute atomic E-state index is 0.0186. The van der Waals surface area contributed by atoms with Crippen molar-refractivity contribution in [1.82, 2.24) is 0 Å². The first-order valence-electron chi connectivity index (χ1n) is 3.13. The molecule has 0 unspecified atom stereocenters. The van der Waals surface area contributed by atoms with Gasteiger partial charge in [0, 0.05) is 6.42 Å². The Morgan fingerprint density at radius 2 is 2.09 bits per heavy atom. The highest BCUT2D eigenvalue weighted by molar-refractivity contribution is 7.91. The summed E-state index contributed by atoms with van der Waals surface area (Å²) in [5.74, 6) is 1.86. The molecule has 0 spiro atoms. The highest BCUT2D eigenvalue weighted by Crippen LogP contribution is 1.95. The van der Waals surface area contributed by atoms with Crippen LogP contribution >= 0.6 is 0 Å². The van der Waals surface area contributed by atoms with Crippen LogP contribution in [0, 0.1) is 23.7 Å². The fourth-order valence-electron chi connectivity index (χ4n) is 0.570. The molecule has 0 amide bonds. The van der Waals surface area contributed by atoms with Gasteiger partial charge in [-0.3, -0.25) is 0 Å². The molecule has 11 heavy (non-hydrogen) atoms. The second-order valence-electron chi connectivity index (χ2n) is 2.06. The van der Waals surface area contributed by atoms with Gasteiger partial charge in [0.1, 0.15) is 5.75 Å². The Kier molecular flexibility index (Phi) is 4.33. The number of hydrogen-bond acceptors (Lipinski definition) is 3. The van der Waals surface area contributed by atoms with Crippen LogP contribution in [0.2, 0.25) is 0 Å².